The highest BCUT2D eigenvalue weighted by Crippen LogP contribution is 2.18. The fraction of sp³-hybridized carbons (Fsp3) is 0.211. The van der Waals surface area contributed by atoms with Gasteiger partial charge < -0.3 is 10.2 Å². The van der Waals surface area contributed by atoms with Crippen molar-refractivity contribution in [3.05, 3.63) is 59.7 Å². The highest BCUT2D eigenvalue weighted by molar-refractivity contribution is 5.98. The lowest BCUT2D eigenvalue weighted by Crippen LogP contribution is -2.32. The van der Waals surface area contributed by atoms with Gasteiger partial charge in [-0.3, -0.25) is 14.4 Å². The number of Topliss-reactive ketones (excluding diaryl/α,β-unsaturated/α-hetero) is 1. The molecule has 0 radical (unpaired) electrons. The molecule has 0 aliphatic rings. The zero-order chi connectivity index (χ0) is 19.3. The third-order valence-electron chi connectivity index (χ3n) is 3.71. The van der Waals surface area contributed by atoms with E-state index in [1.54, 1.807) is 24.3 Å². The predicted molar refractivity (Wildman–Crippen MR) is 94.1 cm³/mol. The topological polar surface area (TPSA) is 66.5 Å². The van der Waals surface area contributed by atoms with E-state index in [0.29, 0.717) is 11.3 Å². The molecule has 0 aliphatic heterocycles. The van der Waals surface area contributed by atoms with Gasteiger partial charge in [0.05, 0.1) is 0 Å². The van der Waals surface area contributed by atoms with Crippen molar-refractivity contribution in [3.63, 3.8) is 0 Å². The fourth-order valence-corrected chi connectivity index (χ4v) is 2.37. The zero-order valence-electron chi connectivity index (χ0n) is 14.4. The minimum atomic E-state index is -1.06. The summed E-state index contributed by atoms with van der Waals surface area (Å²) in [6, 6.07) is 9.59. The monoisotopic (exact) mass is 360 g/mol. The first kappa shape index (κ1) is 19.2. The smallest absolute Gasteiger partial charge is 0.226 e. The molecule has 0 heterocycles. The van der Waals surface area contributed by atoms with Gasteiger partial charge in [-0.05, 0) is 31.2 Å². The number of hydrogen-bond donors (Lipinski definition) is 1. The fourth-order valence-electron chi connectivity index (χ4n) is 2.37. The Morgan fingerprint density at radius 2 is 1.73 bits per heavy atom. The number of carbonyl (C=O) groups excluding carboxylic acids is 3. The largest absolute Gasteiger partial charge is 0.326 e. The number of anilines is 2. The summed E-state index contributed by atoms with van der Waals surface area (Å²) >= 11 is 0. The Labute approximate surface area is 149 Å². The molecule has 2 amide bonds. The van der Waals surface area contributed by atoms with Crippen LogP contribution in [0.2, 0.25) is 0 Å². The van der Waals surface area contributed by atoms with Crippen molar-refractivity contribution < 1.29 is 23.2 Å². The quantitative estimate of drug-likeness (QED) is 0.801. The van der Waals surface area contributed by atoms with Gasteiger partial charge in [0.2, 0.25) is 11.8 Å². The first-order valence-electron chi connectivity index (χ1n) is 7.92. The standard InChI is InChI=1S/C19H18F2N2O3/c1-12(24)14-4-3-5-16(10-14)23(13(2)25)9-8-19(26)22-15-6-7-17(20)18(21)11-15/h3-7,10-11H,8-9H2,1-2H3,(H,22,26). The van der Waals surface area contributed by atoms with Gasteiger partial charge >= 0.3 is 0 Å². The maximum Gasteiger partial charge on any atom is 0.226 e. The van der Waals surface area contributed by atoms with Crippen LogP contribution in [0.4, 0.5) is 20.2 Å². The predicted octanol–water partition coefficient (Wildman–Crippen LogP) is 3.55. The molecule has 0 aliphatic carbocycles. The summed E-state index contributed by atoms with van der Waals surface area (Å²) in [4.78, 5) is 36.8. The van der Waals surface area contributed by atoms with Crippen molar-refractivity contribution in [1.29, 1.82) is 0 Å². The normalized spacial score (nSPS) is 10.3. The molecule has 1 N–H and O–H groups in total. The molecule has 0 unspecified atom stereocenters. The van der Waals surface area contributed by atoms with Crippen molar-refractivity contribution in [3.8, 4) is 0 Å². The molecule has 2 aromatic rings. The van der Waals surface area contributed by atoms with Crippen LogP contribution in [0.1, 0.15) is 30.6 Å². The Hall–Kier alpha value is -3.09. The summed E-state index contributed by atoms with van der Waals surface area (Å²) in [6.07, 6.45) is -0.0527. The number of benzene rings is 2. The third-order valence-corrected chi connectivity index (χ3v) is 3.71. The molecule has 0 spiro atoms. The summed E-state index contributed by atoms with van der Waals surface area (Å²) in [7, 11) is 0. The van der Waals surface area contributed by atoms with Crippen molar-refractivity contribution in [2.75, 3.05) is 16.8 Å². The van der Waals surface area contributed by atoms with E-state index in [1.807, 2.05) is 0 Å². The molecule has 0 saturated heterocycles. The van der Waals surface area contributed by atoms with Gasteiger partial charge in [-0.15, -0.1) is 0 Å². The van der Waals surface area contributed by atoms with Crippen LogP contribution in [-0.2, 0) is 9.59 Å². The Balaban J connectivity index is 2.05. The number of nitrogens with one attached hydrogen (secondary N) is 1. The highest BCUT2D eigenvalue weighted by atomic mass is 19.2. The molecule has 0 saturated carbocycles. The zero-order valence-corrected chi connectivity index (χ0v) is 14.4. The van der Waals surface area contributed by atoms with Crippen LogP contribution in [0.5, 0.6) is 0 Å². The molecule has 0 bridgehead atoms. The molecular formula is C19H18F2N2O3. The van der Waals surface area contributed by atoms with Crippen molar-refractivity contribution in [2.24, 2.45) is 0 Å². The van der Waals surface area contributed by atoms with Gasteiger partial charge in [-0.25, -0.2) is 8.78 Å². The lowest BCUT2D eigenvalue weighted by molar-refractivity contribution is -0.117. The number of carbonyl (C=O) groups is 3. The lowest BCUT2D eigenvalue weighted by atomic mass is 10.1. The molecule has 7 heteroatoms. The van der Waals surface area contributed by atoms with Gasteiger partial charge in [0.15, 0.2) is 17.4 Å². The number of amides is 2. The van der Waals surface area contributed by atoms with E-state index in [2.05, 4.69) is 5.32 Å². The lowest BCUT2D eigenvalue weighted by Gasteiger charge is -2.21. The van der Waals surface area contributed by atoms with Crippen LogP contribution in [0.15, 0.2) is 42.5 Å². The van der Waals surface area contributed by atoms with Crippen molar-refractivity contribution in [1.82, 2.24) is 0 Å². The van der Waals surface area contributed by atoms with Gasteiger partial charge in [-0.2, -0.15) is 0 Å². The maximum absolute atomic E-state index is 13.2. The van der Waals surface area contributed by atoms with Crippen LogP contribution in [0.25, 0.3) is 0 Å². The summed E-state index contributed by atoms with van der Waals surface area (Å²) in [5.74, 6) is -2.94. The van der Waals surface area contributed by atoms with Gasteiger partial charge in [0.1, 0.15) is 0 Å². The van der Waals surface area contributed by atoms with Crippen LogP contribution in [0.3, 0.4) is 0 Å². The second kappa shape index (κ2) is 8.33. The summed E-state index contributed by atoms with van der Waals surface area (Å²) in [5, 5.41) is 2.45. The van der Waals surface area contributed by atoms with Gasteiger partial charge in [0.25, 0.3) is 0 Å². The molecular weight excluding hydrogens is 342 g/mol. The van der Waals surface area contributed by atoms with E-state index in [9.17, 15) is 23.2 Å². The van der Waals surface area contributed by atoms with Crippen LogP contribution >= 0.6 is 0 Å². The summed E-state index contributed by atoms with van der Waals surface area (Å²) < 4.78 is 26.1. The van der Waals surface area contributed by atoms with E-state index in [1.165, 1.54) is 24.8 Å². The number of hydrogen-bond acceptors (Lipinski definition) is 3. The first-order valence-corrected chi connectivity index (χ1v) is 7.92. The van der Waals surface area contributed by atoms with Gasteiger partial charge in [-0.1, -0.05) is 12.1 Å². The number of ketones is 1. The van der Waals surface area contributed by atoms with Crippen LogP contribution in [-0.4, -0.2) is 24.1 Å². The summed E-state index contributed by atoms with van der Waals surface area (Å²) in [5.41, 5.74) is 1.09. The maximum atomic E-state index is 13.2. The first-order chi connectivity index (χ1) is 12.3. The van der Waals surface area contributed by atoms with Gasteiger partial charge in [0, 0.05) is 42.9 Å². The Morgan fingerprint density at radius 3 is 2.35 bits per heavy atom. The van der Waals surface area contributed by atoms with E-state index >= 15 is 0 Å². The van der Waals surface area contributed by atoms with Crippen LogP contribution < -0.4 is 10.2 Å². The van der Waals surface area contributed by atoms with Crippen molar-refractivity contribution in [2.45, 2.75) is 20.3 Å². The van der Waals surface area contributed by atoms with Crippen molar-refractivity contribution >= 4 is 29.0 Å². The Kier molecular flexibility index (Phi) is 6.16. The minimum absolute atomic E-state index is 0.0527. The molecule has 0 fully saturated rings. The van der Waals surface area contributed by atoms with E-state index in [0.717, 1.165) is 12.1 Å². The Bertz CT molecular complexity index is 852. The average Bonchev–Trinajstić information content (AvgIpc) is 2.58. The molecule has 0 aromatic heterocycles. The Morgan fingerprint density at radius 1 is 1.00 bits per heavy atom. The molecule has 136 valence electrons. The summed E-state index contributed by atoms with van der Waals surface area (Å²) in [6.45, 7) is 2.85. The highest BCUT2D eigenvalue weighted by Gasteiger charge is 2.15. The molecule has 26 heavy (non-hydrogen) atoms. The molecule has 5 nitrogen and oxygen atoms in total. The SMILES string of the molecule is CC(=O)c1cccc(N(CCC(=O)Nc2ccc(F)c(F)c2)C(C)=O)c1. The number of halogens is 2. The third kappa shape index (κ3) is 4.95. The van der Waals surface area contributed by atoms with E-state index in [4.69, 9.17) is 0 Å². The second-order valence-corrected chi connectivity index (χ2v) is 5.70. The second-order valence-electron chi connectivity index (χ2n) is 5.70. The van der Waals surface area contributed by atoms with Crippen LogP contribution in [0, 0.1) is 11.6 Å². The molecule has 2 aromatic carbocycles. The van der Waals surface area contributed by atoms with E-state index in [-0.39, 0.29) is 30.3 Å². The average molecular weight is 360 g/mol. The molecule has 0 atom stereocenters. The number of nitrogens with zero attached hydrogens (tertiary/aromatic N) is 1. The minimum Gasteiger partial charge on any atom is -0.326 e. The van der Waals surface area contributed by atoms with E-state index < -0.39 is 17.5 Å². The molecule has 2 rings (SSSR count). The number of rotatable bonds is 6.